The van der Waals surface area contributed by atoms with Crippen LogP contribution in [0.1, 0.15) is 15.9 Å². The summed E-state index contributed by atoms with van der Waals surface area (Å²) in [7, 11) is 0. The molecule has 2 nitrogen and oxygen atoms in total. The highest BCUT2D eigenvalue weighted by Crippen LogP contribution is 2.33. The number of aromatic carboxylic acids is 1. The van der Waals surface area contributed by atoms with Gasteiger partial charge in [0.1, 0.15) is 0 Å². The van der Waals surface area contributed by atoms with Gasteiger partial charge in [-0.25, -0.2) is 4.79 Å². The summed E-state index contributed by atoms with van der Waals surface area (Å²) in [6.45, 7) is 1.88. The van der Waals surface area contributed by atoms with Crippen molar-refractivity contribution in [3.8, 4) is 11.1 Å². The minimum absolute atomic E-state index is 0.309. The van der Waals surface area contributed by atoms with Gasteiger partial charge in [-0.3, -0.25) is 0 Å². The van der Waals surface area contributed by atoms with Crippen molar-refractivity contribution in [1.29, 1.82) is 0 Å². The number of carboxylic acids is 1. The van der Waals surface area contributed by atoms with Gasteiger partial charge >= 0.3 is 5.97 Å². The first-order valence-electron chi connectivity index (χ1n) is 5.28. The number of carbonyl (C=O) groups is 1. The fourth-order valence-corrected chi connectivity index (χ4v) is 2.89. The lowest BCUT2D eigenvalue weighted by atomic mass is 9.98. The molecule has 4 heteroatoms. The Morgan fingerprint density at radius 3 is 2.28 bits per heavy atom. The molecule has 0 aliphatic carbocycles. The molecule has 0 saturated heterocycles. The van der Waals surface area contributed by atoms with Gasteiger partial charge in [0.15, 0.2) is 0 Å². The minimum atomic E-state index is -0.919. The molecule has 0 radical (unpaired) electrons. The van der Waals surface area contributed by atoms with Crippen LogP contribution in [0.4, 0.5) is 0 Å². The molecule has 18 heavy (non-hydrogen) atoms. The molecular formula is C14H10Br2O2. The molecule has 0 saturated carbocycles. The smallest absolute Gasteiger partial charge is 0.336 e. The van der Waals surface area contributed by atoms with E-state index in [-0.39, 0.29) is 0 Å². The number of hydrogen-bond donors (Lipinski definition) is 1. The van der Waals surface area contributed by atoms with Crippen LogP contribution in [0.3, 0.4) is 0 Å². The van der Waals surface area contributed by atoms with E-state index in [1.807, 2.05) is 37.3 Å². The van der Waals surface area contributed by atoms with Gasteiger partial charge in [-0.2, -0.15) is 0 Å². The molecule has 0 aliphatic rings. The number of carboxylic acid groups (broad SMARTS) is 1. The predicted octanol–water partition coefficient (Wildman–Crippen LogP) is 4.89. The second kappa shape index (κ2) is 5.24. The maximum Gasteiger partial charge on any atom is 0.336 e. The van der Waals surface area contributed by atoms with Crippen molar-refractivity contribution in [2.24, 2.45) is 0 Å². The second-order valence-electron chi connectivity index (χ2n) is 3.98. The van der Waals surface area contributed by atoms with Crippen LogP contribution < -0.4 is 0 Å². The molecule has 0 atom stereocenters. The fraction of sp³-hybridized carbons (Fsp3) is 0.0714. The standard InChI is InChI=1S/C14H10Br2O2/c1-8-6-11(14(17)18)13(12(16)7-8)9-2-4-10(15)5-3-9/h2-7H,1H3,(H,17,18). The molecular weight excluding hydrogens is 360 g/mol. The minimum Gasteiger partial charge on any atom is -0.478 e. The Balaban J connectivity index is 2.69. The molecule has 0 unspecified atom stereocenters. The van der Waals surface area contributed by atoms with Gasteiger partial charge in [-0.15, -0.1) is 0 Å². The molecule has 1 N–H and O–H groups in total. The summed E-state index contributed by atoms with van der Waals surface area (Å²) in [6, 6.07) is 11.2. The van der Waals surface area contributed by atoms with Gasteiger partial charge in [-0.1, -0.05) is 44.0 Å². The first-order valence-corrected chi connectivity index (χ1v) is 6.87. The van der Waals surface area contributed by atoms with Gasteiger partial charge in [0.05, 0.1) is 5.56 Å². The fourth-order valence-electron chi connectivity index (χ4n) is 1.82. The third-order valence-corrected chi connectivity index (χ3v) is 3.75. The van der Waals surface area contributed by atoms with Gasteiger partial charge in [0.25, 0.3) is 0 Å². The van der Waals surface area contributed by atoms with Crippen molar-refractivity contribution in [2.75, 3.05) is 0 Å². The van der Waals surface area contributed by atoms with Crippen molar-refractivity contribution in [3.05, 3.63) is 56.5 Å². The van der Waals surface area contributed by atoms with Gasteiger partial charge in [0.2, 0.25) is 0 Å². The molecule has 0 spiro atoms. The monoisotopic (exact) mass is 368 g/mol. The van der Waals surface area contributed by atoms with Crippen LogP contribution in [0.25, 0.3) is 11.1 Å². The molecule has 0 amide bonds. The van der Waals surface area contributed by atoms with Crippen molar-refractivity contribution >= 4 is 37.8 Å². The van der Waals surface area contributed by atoms with E-state index in [0.29, 0.717) is 11.1 Å². The van der Waals surface area contributed by atoms with E-state index in [9.17, 15) is 9.90 Å². The summed E-state index contributed by atoms with van der Waals surface area (Å²) >= 11 is 6.81. The Labute approximate surface area is 122 Å². The number of benzene rings is 2. The highest BCUT2D eigenvalue weighted by atomic mass is 79.9. The first kappa shape index (κ1) is 13.3. The number of aryl methyl sites for hydroxylation is 1. The van der Waals surface area contributed by atoms with Gasteiger partial charge in [0, 0.05) is 14.5 Å². The summed E-state index contributed by atoms with van der Waals surface area (Å²) in [6.07, 6.45) is 0. The zero-order chi connectivity index (χ0) is 13.3. The lowest BCUT2D eigenvalue weighted by Crippen LogP contribution is -2.01. The molecule has 92 valence electrons. The second-order valence-corrected chi connectivity index (χ2v) is 5.75. The van der Waals surface area contributed by atoms with Gasteiger partial charge in [-0.05, 0) is 42.3 Å². The first-order chi connectivity index (χ1) is 8.49. The molecule has 0 aromatic heterocycles. The Kier molecular flexibility index (Phi) is 3.88. The normalized spacial score (nSPS) is 10.4. The van der Waals surface area contributed by atoms with Crippen molar-refractivity contribution < 1.29 is 9.90 Å². The van der Waals surface area contributed by atoms with E-state index >= 15 is 0 Å². The summed E-state index contributed by atoms with van der Waals surface area (Å²) in [4.78, 5) is 11.3. The lowest BCUT2D eigenvalue weighted by Gasteiger charge is -2.10. The molecule has 0 heterocycles. The van der Waals surface area contributed by atoms with E-state index in [1.165, 1.54) is 0 Å². The van der Waals surface area contributed by atoms with Gasteiger partial charge < -0.3 is 5.11 Å². The lowest BCUT2D eigenvalue weighted by molar-refractivity contribution is 0.0697. The SMILES string of the molecule is Cc1cc(Br)c(-c2ccc(Br)cc2)c(C(=O)O)c1. The quantitative estimate of drug-likeness (QED) is 0.818. The Bertz CT molecular complexity index is 604. The Morgan fingerprint density at radius 2 is 1.72 bits per heavy atom. The van der Waals surface area contributed by atoms with E-state index in [2.05, 4.69) is 31.9 Å². The summed E-state index contributed by atoms with van der Waals surface area (Å²) in [5.74, 6) is -0.919. The van der Waals surface area contributed by atoms with Crippen LogP contribution >= 0.6 is 31.9 Å². The molecule has 0 fully saturated rings. The summed E-state index contributed by atoms with van der Waals surface area (Å²) in [5, 5.41) is 9.30. The molecule has 0 bridgehead atoms. The topological polar surface area (TPSA) is 37.3 Å². The van der Waals surface area contributed by atoms with E-state index in [1.54, 1.807) is 6.07 Å². The summed E-state index contributed by atoms with van der Waals surface area (Å²) in [5.41, 5.74) is 2.81. The highest BCUT2D eigenvalue weighted by Gasteiger charge is 2.15. The molecule has 2 aromatic rings. The number of hydrogen-bond acceptors (Lipinski definition) is 1. The zero-order valence-electron chi connectivity index (χ0n) is 9.58. The third-order valence-electron chi connectivity index (χ3n) is 2.60. The van der Waals surface area contributed by atoms with Crippen LogP contribution in [-0.2, 0) is 0 Å². The number of halogens is 2. The Morgan fingerprint density at radius 1 is 1.11 bits per heavy atom. The van der Waals surface area contributed by atoms with Crippen LogP contribution in [0.2, 0.25) is 0 Å². The predicted molar refractivity (Wildman–Crippen MR) is 79.0 cm³/mol. The maximum atomic E-state index is 11.3. The average molecular weight is 370 g/mol. The van der Waals surface area contributed by atoms with Crippen molar-refractivity contribution in [3.63, 3.8) is 0 Å². The van der Waals surface area contributed by atoms with Crippen molar-refractivity contribution in [2.45, 2.75) is 6.92 Å². The summed E-state index contributed by atoms with van der Waals surface area (Å²) < 4.78 is 1.76. The number of rotatable bonds is 2. The van der Waals surface area contributed by atoms with Crippen LogP contribution in [0.15, 0.2) is 45.3 Å². The molecule has 2 rings (SSSR count). The third kappa shape index (κ3) is 2.65. The highest BCUT2D eigenvalue weighted by molar-refractivity contribution is 9.10. The maximum absolute atomic E-state index is 11.3. The van der Waals surface area contributed by atoms with Crippen LogP contribution in [0, 0.1) is 6.92 Å². The van der Waals surface area contributed by atoms with Crippen molar-refractivity contribution in [1.82, 2.24) is 0 Å². The largest absolute Gasteiger partial charge is 0.478 e. The molecule has 0 aliphatic heterocycles. The van der Waals surface area contributed by atoms with E-state index in [4.69, 9.17) is 0 Å². The Hall–Kier alpha value is -1.13. The van der Waals surface area contributed by atoms with E-state index < -0.39 is 5.97 Å². The van der Waals surface area contributed by atoms with Crippen LogP contribution in [0.5, 0.6) is 0 Å². The molecule has 2 aromatic carbocycles. The zero-order valence-corrected chi connectivity index (χ0v) is 12.7. The van der Waals surface area contributed by atoms with Crippen LogP contribution in [-0.4, -0.2) is 11.1 Å². The van der Waals surface area contributed by atoms with E-state index in [0.717, 1.165) is 20.1 Å². The average Bonchev–Trinajstić information content (AvgIpc) is 2.29.